The van der Waals surface area contributed by atoms with Crippen LogP contribution in [-0.4, -0.2) is 11.8 Å². The standard InChI is InChI=1S/C9H17O2P/c1-6(2)7(10)11-8(12)9(3,4)5/h8H,1,12H2,2-5H3. The van der Waals surface area contributed by atoms with Crippen molar-refractivity contribution in [1.29, 1.82) is 0 Å². The first-order valence-electron chi connectivity index (χ1n) is 3.87. The molecule has 0 spiro atoms. The largest absolute Gasteiger partial charge is 0.454 e. The normalized spacial score (nSPS) is 13.8. The molecule has 0 rings (SSSR count). The van der Waals surface area contributed by atoms with Gasteiger partial charge in [0.1, 0.15) is 5.85 Å². The van der Waals surface area contributed by atoms with Crippen LogP contribution in [0.4, 0.5) is 0 Å². The second-order valence-corrected chi connectivity index (χ2v) is 4.58. The molecule has 0 amide bonds. The molecule has 0 aliphatic carbocycles. The van der Waals surface area contributed by atoms with Gasteiger partial charge in [0.2, 0.25) is 0 Å². The highest BCUT2D eigenvalue weighted by molar-refractivity contribution is 7.17. The Balaban J connectivity index is 4.11. The average Bonchev–Trinajstić information content (AvgIpc) is 1.85. The maximum Gasteiger partial charge on any atom is 0.333 e. The van der Waals surface area contributed by atoms with Crippen molar-refractivity contribution in [2.45, 2.75) is 33.5 Å². The number of carbonyl (C=O) groups excluding carboxylic acids is 1. The minimum Gasteiger partial charge on any atom is -0.454 e. The van der Waals surface area contributed by atoms with Crippen molar-refractivity contribution in [3.05, 3.63) is 12.2 Å². The molecule has 12 heavy (non-hydrogen) atoms. The van der Waals surface area contributed by atoms with E-state index in [9.17, 15) is 4.79 Å². The molecule has 0 saturated carbocycles. The third-order valence-corrected chi connectivity index (χ3v) is 2.57. The summed E-state index contributed by atoms with van der Waals surface area (Å²) in [5, 5.41) is 0. The zero-order valence-electron chi connectivity index (χ0n) is 8.18. The molecule has 0 aliphatic rings. The van der Waals surface area contributed by atoms with Crippen LogP contribution in [-0.2, 0) is 9.53 Å². The highest BCUT2D eigenvalue weighted by Gasteiger charge is 2.23. The first kappa shape index (κ1) is 11.6. The summed E-state index contributed by atoms with van der Waals surface area (Å²) >= 11 is 0. The summed E-state index contributed by atoms with van der Waals surface area (Å²) in [7, 11) is 2.51. The number of rotatable bonds is 2. The van der Waals surface area contributed by atoms with Crippen LogP contribution in [0.1, 0.15) is 27.7 Å². The van der Waals surface area contributed by atoms with Crippen molar-refractivity contribution in [1.82, 2.24) is 0 Å². The van der Waals surface area contributed by atoms with Crippen LogP contribution >= 0.6 is 9.24 Å². The zero-order chi connectivity index (χ0) is 9.94. The summed E-state index contributed by atoms with van der Waals surface area (Å²) in [6, 6.07) is 0. The molecule has 3 heteroatoms. The first-order valence-corrected chi connectivity index (χ1v) is 4.54. The van der Waals surface area contributed by atoms with E-state index >= 15 is 0 Å². The Kier molecular flexibility index (Phi) is 3.92. The van der Waals surface area contributed by atoms with Crippen LogP contribution in [0, 0.1) is 5.41 Å². The highest BCUT2D eigenvalue weighted by atomic mass is 31.0. The van der Waals surface area contributed by atoms with Gasteiger partial charge in [0, 0.05) is 11.0 Å². The smallest absolute Gasteiger partial charge is 0.333 e. The lowest BCUT2D eigenvalue weighted by Gasteiger charge is -2.26. The minimum atomic E-state index is -0.329. The zero-order valence-corrected chi connectivity index (χ0v) is 9.33. The number of ether oxygens (including phenoxy) is 1. The van der Waals surface area contributed by atoms with E-state index < -0.39 is 0 Å². The second-order valence-electron chi connectivity index (χ2n) is 3.97. The second kappa shape index (κ2) is 4.04. The monoisotopic (exact) mass is 188 g/mol. The van der Waals surface area contributed by atoms with Crippen molar-refractivity contribution in [3.63, 3.8) is 0 Å². The van der Waals surface area contributed by atoms with Crippen molar-refractivity contribution in [2.75, 3.05) is 0 Å². The Bertz CT molecular complexity index is 191. The van der Waals surface area contributed by atoms with Gasteiger partial charge in [0.25, 0.3) is 0 Å². The molecule has 0 aromatic heterocycles. The molecule has 2 unspecified atom stereocenters. The average molecular weight is 188 g/mol. The van der Waals surface area contributed by atoms with Gasteiger partial charge in [-0.05, 0) is 6.92 Å². The van der Waals surface area contributed by atoms with E-state index in [1.165, 1.54) is 0 Å². The first-order chi connectivity index (χ1) is 5.25. The minimum absolute atomic E-state index is 0.0459. The van der Waals surface area contributed by atoms with E-state index in [0.717, 1.165) is 0 Å². The predicted octanol–water partition coefficient (Wildman–Crippen LogP) is 2.35. The van der Waals surface area contributed by atoms with Crippen LogP contribution in [0.5, 0.6) is 0 Å². The van der Waals surface area contributed by atoms with E-state index in [2.05, 4.69) is 15.8 Å². The fourth-order valence-electron chi connectivity index (χ4n) is 0.393. The van der Waals surface area contributed by atoms with Crippen LogP contribution in [0.25, 0.3) is 0 Å². The van der Waals surface area contributed by atoms with E-state index in [4.69, 9.17) is 4.74 Å². The lowest BCUT2D eigenvalue weighted by atomic mass is 9.98. The summed E-state index contributed by atoms with van der Waals surface area (Å²) in [4.78, 5) is 11.1. The summed E-state index contributed by atoms with van der Waals surface area (Å²) in [6.45, 7) is 11.2. The van der Waals surface area contributed by atoms with E-state index in [1.54, 1.807) is 6.92 Å². The third kappa shape index (κ3) is 3.87. The van der Waals surface area contributed by atoms with Gasteiger partial charge in [0.15, 0.2) is 0 Å². The van der Waals surface area contributed by atoms with Crippen LogP contribution in [0.3, 0.4) is 0 Å². The summed E-state index contributed by atoms with van der Waals surface area (Å²) in [5.41, 5.74) is 0.391. The Morgan fingerprint density at radius 2 is 1.92 bits per heavy atom. The van der Waals surface area contributed by atoms with Crippen LogP contribution in [0.2, 0.25) is 0 Å². The Morgan fingerprint density at radius 1 is 1.50 bits per heavy atom. The number of esters is 1. The topological polar surface area (TPSA) is 26.3 Å². The van der Waals surface area contributed by atoms with Gasteiger partial charge in [0.05, 0.1) is 0 Å². The van der Waals surface area contributed by atoms with Gasteiger partial charge in [-0.25, -0.2) is 4.79 Å². The summed E-state index contributed by atoms with van der Waals surface area (Å²) in [6.07, 6.45) is 0. The Hall–Kier alpha value is -0.360. The van der Waals surface area contributed by atoms with Crippen molar-refractivity contribution in [2.24, 2.45) is 5.41 Å². The van der Waals surface area contributed by atoms with Crippen molar-refractivity contribution in [3.8, 4) is 0 Å². The molecule has 0 heterocycles. The van der Waals surface area contributed by atoms with E-state index in [-0.39, 0.29) is 17.2 Å². The molecule has 0 bridgehead atoms. The third-order valence-electron chi connectivity index (χ3n) is 1.44. The maximum atomic E-state index is 11.1. The van der Waals surface area contributed by atoms with E-state index in [1.807, 2.05) is 20.8 Å². The van der Waals surface area contributed by atoms with Crippen LogP contribution in [0.15, 0.2) is 12.2 Å². The summed E-state index contributed by atoms with van der Waals surface area (Å²) in [5.74, 6) is -0.494. The lowest BCUT2D eigenvalue weighted by Crippen LogP contribution is -2.26. The molecule has 0 aromatic carbocycles. The fraction of sp³-hybridized carbons (Fsp3) is 0.667. The quantitative estimate of drug-likeness (QED) is 0.377. The number of hydrogen-bond donors (Lipinski definition) is 0. The molecule has 2 nitrogen and oxygen atoms in total. The number of hydrogen-bond acceptors (Lipinski definition) is 2. The van der Waals surface area contributed by atoms with Gasteiger partial charge in [-0.15, -0.1) is 0 Å². The van der Waals surface area contributed by atoms with Gasteiger partial charge in [-0.2, -0.15) is 0 Å². The molecule has 2 atom stereocenters. The predicted molar refractivity (Wildman–Crippen MR) is 53.9 cm³/mol. The molecular weight excluding hydrogens is 171 g/mol. The molecule has 0 N–H and O–H groups in total. The van der Waals surface area contributed by atoms with Gasteiger partial charge in [-0.1, -0.05) is 36.6 Å². The lowest BCUT2D eigenvalue weighted by molar-refractivity contribution is -0.143. The van der Waals surface area contributed by atoms with Gasteiger partial charge in [-0.3, -0.25) is 0 Å². The Labute approximate surface area is 76.6 Å². The van der Waals surface area contributed by atoms with Crippen molar-refractivity contribution < 1.29 is 9.53 Å². The van der Waals surface area contributed by atoms with Crippen LogP contribution < -0.4 is 0 Å². The number of carbonyl (C=O) groups is 1. The fourth-order valence-corrected chi connectivity index (χ4v) is 0.516. The summed E-state index contributed by atoms with van der Waals surface area (Å²) < 4.78 is 5.10. The molecule has 0 fully saturated rings. The van der Waals surface area contributed by atoms with E-state index in [0.29, 0.717) is 5.57 Å². The highest BCUT2D eigenvalue weighted by Crippen LogP contribution is 2.27. The Morgan fingerprint density at radius 3 is 2.17 bits per heavy atom. The van der Waals surface area contributed by atoms with Crippen molar-refractivity contribution >= 4 is 15.2 Å². The SMILES string of the molecule is C=C(C)C(=O)OC(P)C(C)(C)C. The van der Waals surface area contributed by atoms with Gasteiger partial charge >= 0.3 is 5.97 Å². The molecular formula is C9H17O2P. The molecule has 70 valence electrons. The molecule has 0 aromatic rings. The maximum absolute atomic E-state index is 11.1. The molecule has 0 saturated heterocycles. The van der Waals surface area contributed by atoms with Gasteiger partial charge < -0.3 is 4.74 Å². The molecule has 0 aliphatic heterocycles. The molecule has 0 radical (unpaired) electrons.